The van der Waals surface area contributed by atoms with E-state index in [0.29, 0.717) is 12.0 Å². The van der Waals surface area contributed by atoms with Crippen LogP contribution in [-0.4, -0.2) is 34.6 Å². The van der Waals surface area contributed by atoms with E-state index in [2.05, 4.69) is 18.7 Å². The third kappa shape index (κ3) is 2.87. The quantitative estimate of drug-likeness (QED) is 0.769. The van der Waals surface area contributed by atoms with E-state index in [1.54, 1.807) is 0 Å². The van der Waals surface area contributed by atoms with Gasteiger partial charge in [-0.1, -0.05) is 26.2 Å². The lowest BCUT2D eigenvalue weighted by Crippen LogP contribution is -2.52. The molecule has 3 nitrogen and oxygen atoms in total. The normalized spacial score (nSPS) is 39.2. The first-order valence-corrected chi connectivity index (χ1v) is 7.60. The van der Waals surface area contributed by atoms with Gasteiger partial charge in [-0.15, -0.1) is 0 Å². The van der Waals surface area contributed by atoms with E-state index in [9.17, 15) is 9.90 Å². The van der Waals surface area contributed by atoms with Gasteiger partial charge in [-0.05, 0) is 45.1 Å². The van der Waals surface area contributed by atoms with Gasteiger partial charge < -0.3 is 5.11 Å². The molecule has 0 aromatic rings. The largest absolute Gasteiger partial charge is 0.481 e. The predicted octanol–water partition coefficient (Wildman–Crippen LogP) is 3.14. The molecule has 0 amide bonds. The number of likely N-dealkylation sites (tertiary alicyclic amines) is 1. The van der Waals surface area contributed by atoms with E-state index >= 15 is 0 Å². The number of carboxylic acid groups (broad SMARTS) is 1. The Morgan fingerprint density at radius 1 is 1.06 bits per heavy atom. The highest BCUT2D eigenvalue weighted by molar-refractivity contribution is 5.71. The van der Waals surface area contributed by atoms with E-state index in [1.165, 1.54) is 25.7 Å². The maximum atomic E-state index is 11.5. The SMILES string of the molecule is CC1CCCN(C2CCCCCC2C(=O)O)C1C. The fraction of sp³-hybridized carbons (Fsp3) is 0.933. The standard InChI is InChI=1S/C15H27NO2/c1-11-7-6-10-16(12(11)2)14-9-5-3-4-8-13(14)15(17)18/h11-14H,3-10H2,1-2H3,(H,17,18). The number of carbonyl (C=O) groups is 1. The summed E-state index contributed by atoms with van der Waals surface area (Å²) >= 11 is 0. The lowest BCUT2D eigenvalue weighted by molar-refractivity contribution is -0.145. The summed E-state index contributed by atoms with van der Waals surface area (Å²) in [6, 6.07) is 0.825. The summed E-state index contributed by atoms with van der Waals surface area (Å²) in [4.78, 5) is 14.0. The summed E-state index contributed by atoms with van der Waals surface area (Å²) < 4.78 is 0. The molecule has 1 saturated carbocycles. The molecule has 2 aliphatic rings. The van der Waals surface area contributed by atoms with Gasteiger partial charge in [-0.2, -0.15) is 0 Å². The Morgan fingerprint density at radius 3 is 2.50 bits per heavy atom. The van der Waals surface area contributed by atoms with Crippen LogP contribution in [0.4, 0.5) is 0 Å². The van der Waals surface area contributed by atoms with Gasteiger partial charge >= 0.3 is 5.97 Å². The van der Waals surface area contributed by atoms with E-state index in [0.717, 1.165) is 25.8 Å². The van der Waals surface area contributed by atoms with Crippen molar-refractivity contribution in [3.05, 3.63) is 0 Å². The van der Waals surface area contributed by atoms with Crippen LogP contribution in [0, 0.1) is 11.8 Å². The molecular weight excluding hydrogens is 226 g/mol. The van der Waals surface area contributed by atoms with Gasteiger partial charge in [0.05, 0.1) is 5.92 Å². The molecule has 2 fully saturated rings. The maximum absolute atomic E-state index is 11.5. The summed E-state index contributed by atoms with van der Waals surface area (Å²) in [7, 11) is 0. The van der Waals surface area contributed by atoms with Gasteiger partial charge in [0.25, 0.3) is 0 Å². The highest BCUT2D eigenvalue weighted by Crippen LogP contribution is 2.33. The number of hydrogen-bond acceptors (Lipinski definition) is 2. The van der Waals surface area contributed by atoms with Crippen LogP contribution in [0.1, 0.15) is 58.8 Å². The van der Waals surface area contributed by atoms with E-state index in [-0.39, 0.29) is 12.0 Å². The highest BCUT2D eigenvalue weighted by Gasteiger charge is 2.38. The van der Waals surface area contributed by atoms with Gasteiger partial charge in [0, 0.05) is 12.1 Å². The van der Waals surface area contributed by atoms with E-state index in [1.807, 2.05) is 0 Å². The predicted molar refractivity (Wildman–Crippen MR) is 72.6 cm³/mol. The minimum absolute atomic E-state index is 0.139. The van der Waals surface area contributed by atoms with Crippen molar-refractivity contribution in [3.8, 4) is 0 Å². The van der Waals surface area contributed by atoms with Crippen LogP contribution in [-0.2, 0) is 4.79 Å². The summed E-state index contributed by atoms with van der Waals surface area (Å²) in [5.41, 5.74) is 0. The molecule has 3 heteroatoms. The highest BCUT2D eigenvalue weighted by atomic mass is 16.4. The van der Waals surface area contributed by atoms with Gasteiger partial charge in [0.2, 0.25) is 0 Å². The van der Waals surface area contributed by atoms with E-state index in [4.69, 9.17) is 0 Å². The summed E-state index contributed by atoms with van der Waals surface area (Å²) in [5.74, 6) is -0.0102. The summed E-state index contributed by atoms with van der Waals surface area (Å²) in [6.45, 7) is 5.69. The Labute approximate surface area is 111 Å². The first-order valence-electron chi connectivity index (χ1n) is 7.60. The fourth-order valence-electron chi connectivity index (χ4n) is 3.81. The minimum Gasteiger partial charge on any atom is -0.481 e. The van der Waals surface area contributed by atoms with Crippen molar-refractivity contribution in [1.82, 2.24) is 4.90 Å². The Bertz CT molecular complexity index is 292. The molecule has 2 rings (SSSR count). The lowest BCUT2D eigenvalue weighted by Gasteiger charge is -2.44. The van der Waals surface area contributed by atoms with Crippen molar-refractivity contribution in [2.24, 2.45) is 11.8 Å². The zero-order valence-electron chi connectivity index (χ0n) is 11.8. The number of hydrogen-bond donors (Lipinski definition) is 1. The Kier molecular flexibility index (Phi) is 4.66. The van der Waals surface area contributed by atoms with Crippen LogP contribution < -0.4 is 0 Å². The van der Waals surface area contributed by atoms with Crippen LogP contribution in [0.15, 0.2) is 0 Å². The maximum Gasteiger partial charge on any atom is 0.308 e. The third-order valence-corrected chi connectivity index (χ3v) is 5.15. The molecule has 0 spiro atoms. The molecule has 1 N–H and O–H groups in total. The second-order valence-corrected chi connectivity index (χ2v) is 6.25. The molecular formula is C15H27NO2. The Balaban J connectivity index is 2.13. The number of nitrogens with zero attached hydrogens (tertiary/aromatic N) is 1. The smallest absolute Gasteiger partial charge is 0.308 e. The van der Waals surface area contributed by atoms with Crippen LogP contribution in [0.25, 0.3) is 0 Å². The second-order valence-electron chi connectivity index (χ2n) is 6.25. The molecule has 18 heavy (non-hydrogen) atoms. The molecule has 104 valence electrons. The van der Waals surface area contributed by atoms with Gasteiger partial charge in [0.15, 0.2) is 0 Å². The van der Waals surface area contributed by atoms with Gasteiger partial charge in [-0.3, -0.25) is 9.69 Å². The summed E-state index contributed by atoms with van der Waals surface area (Å²) in [5, 5.41) is 9.49. The second kappa shape index (κ2) is 6.05. The Morgan fingerprint density at radius 2 is 1.78 bits per heavy atom. The van der Waals surface area contributed by atoms with Crippen molar-refractivity contribution >= 4 is 5.97 Å². The average Bonchev–Trinajstić information content (AvgIpc) is 2.58. The molecule has 1 heterocycles. The number of piperidine rings is 1. The van der Waals surface area contributed by atoms with Crippen molar-refractivity contribution < 1.29 is 9.90 Å². The molecule has 0 bridgehead atoms. The Hall–Kier alpha value is -0.570. The van der Waals surface area contributed by atoms with Crippen LogP contribution >= 0.6 is 0 Å². The zero-order valence-corrected chi connectivity index (χ0v) is 11.8. The average molecular weight is 253 g/mol. The minimum atomic E-state index is -0.577. The molecule has 1 aliphatic carbocycles. The molecule has 4 atom stereocenters. The zero-order chi connectivity index (χ0) is 13.1. The summed E-state index contributed by atoms with van der Waals surface area (Å²) in [6.07, 6.45) is 7.97. The number of carboxylic acids is 1. The van der Waals surface area contributed by atoms with Crippen molar-refractivity contribution in [1.29, 1.82) is 0 Å². The van der Waals surface area contributed by atoms with Gasteiger partial charge in [-0.25, -0.2) is 0 Å². The monoisotopic (exact) mass is 253 g/mol. The molecule has 0 aromatic carbocycles. The van der Waals surface area contributed by atoms with Crippen LogP contribution in [0.3, 0.4) is 0 Å². The third-order valence-electron chi connectivity index (χ3n) is 5.15. The molecule has 0 aromatic heterocycles. The molecule has 1 saturated heterocycles. The van der Waals surface area contributed by atoms with Crippen molar-refractivity contribution in [2.45, 2.75) is 70.9 Å². The number of rotatable bonds is 2. The van der Waals surface area contributed by atoms with Gasteiger partial charge in [0.1, 0.15) is 0 Å². The first kappa shape index (κ1) is 13.9. The van der Waals surface area contributed by atoms with Crippen molar-refractivity contribution in [3.63, 3.8) is 0 Å². The van der Waals surface area contributed by atoms with E-state index < -0.39 is 5.97 Å². The molecule has 4 unspecified atom stereocenters. The van der Waals surface area contributed by atoms with Crippen LogP contribution in [0.5, 0.6) is 0 Å². The number of aliphatic carboxylic acids is 1. The fourth-order valence-corrected chi connectivity index (χ4v) is 3.81. The molecule has 1 aliphatic heterocycles. The topological polar surface area (TPSA) is 40.5 Å². The lowest BCUT2D eigenvalue weighted by atomic mass is 9.86. The van der Waals surface area contributed by atoms with Crippen LogP contribution in [0.2, 0.25) is 0 Å². The molecule has 0 radical (unpaired) electrons. The van der Waals surface area contributed by atoms with Crippen molar-refractivity contribution in [2.75, 3.05) is 6.54 Å². The first-order chi connectivity index (χ1) is 8.61.